The van der Waals surface area contributed by atoms with Crippen LogP contribution in [0.3, 0.4) is 0 Å². The standard InChI is InChI=1S/C16H22N2O3/c1-6-11(2)21-13-7-8-14(12(9-13)10-17)18-15(19)16(3,4)20-5/h7-9,11H,6H2,1-5H3,(H,18,19)/t11-/m0/s1. The number of rotatable bonds is 6. The first-order valence-electron chi connectivity index (χ1n) is 6.91. The van der Waals surface area contributed by atoms with Crippen LogP contribution in [-0.4, -0.2) is 24.7 Å². The Labute approximate surface area is 125 Å². The van der Waals surface area contributed by atoms with Crippen LogP contribution >= 0.6 is 0 Å². The Morgan fingerprint density at radius 2 is 2.14 bits per heavy atom. The predicted molar refractivity (Wildman–Crippen MR) is 81.3 cm³/mol. The summed E-state index contributed by atoms with van der Waals surface area (Å²) in [5.74, 6) is 0.307. The summed E-state index contributed by atoms with van der Waals surface area (Å²) in [6.07, 6.45) is 0.951. The van der Waals surface area contributed by atoms with Gasteiger partial charge in [-0.3, -0.25) is 4.79 Å². The zero-order valence-electron chi connectivity index (χ0n) is 13.2. The summed E-state index contributed by atoms with van der Waals surface area (Å²) < 4.78 is 10.8. The van der Waals surface area contributed by atoms with Gasteiger partial charge in [-0.05, 0) is 39.3 Å². The van der Waals surface area contributed by atoms with Crippen molar-refractivity contribution in [3.8, 4) is 11.8 Å². The number of amides is 1. The van der Waals surface area contributed by atoms with Crippen LogP contribution in [0.2, 0.25) is 0 Å². The molecule has 21 heavy (non-hydrogen) atoms. The fraction of sp³-hybridized carbons (Fsp3) is 0.500. The molecule has 0 spiro atoms. The number of hydrogen-bond acceptors (Lipinski definition) is 4. The molecule has 0 heterocycles. The molecule has 1 aromatic rings. The number of hydrogen-bond donors (Lipinski definition) is 1. The van der Waals surface area contributed by atoms with Crippen LogP contribution in [0.15, 0.2) is 18.2 Å². The number of carbonyl (C=O) groups is 1. The summed E-state index contributed by atoms with van der Waals surface area (Å²) in [5, 5.41) is 11.9. The smallest absolute Gasteiger partial charge is 0.256 e. The van der Waals surface area contributed by atoms with E-state index in [1.54, 1.807) is 32.0 Å². The van der Waals surface area contributed by atoms with Crippen LogP contribution < -0.4 is 10.1 Å². The van der Waals surface area contributed by atoms with Crippen LogP contribution in [0.1, 0.15) is 39.7 Å². The minimum absolute atomic E-state index is 0.0735. The lowest BCUT2D eigenvalue weighted by Gasteiger charge is -2.22. The van der Waals surface area contributed by atoms with Crippen LogP contribution in [0.25, 0.3) is 0 Å². The molecule has 0 saturated carbocycles. The lowest BCUT2D eigenvalue weighted by Crippen LogP contribution is -2.39. The summed E-state index contributed by atoms with van der Waals surface area (Å²) in [5.41, 5.74) is -0.154. The Hall–Kier alpha value is -2.06. The van der Waals surface area contributed by atoms with Gasteiger partial charge in [0.05, 0.1) is 17.4 Å². The molecule has 0 aliphatic carbocycles. The van der Waals surface area contributed by atoms with Gasteiger partial charge in [0.2, 0.25) is 0 Å². The maximum absolute atomic E-state index is 12.1. The van der Waals surface area contributed by atoms with Crippen molar-refractivity contribution in [1.29, 1.82) is 5.26 Å². The summed E-state index contributed by atoms with van der Waals surface area (Å²) in [6.45, 7) is 7.31. The van der Waals surface area contributed by atoms with E-state index in [1.807, 2.05) is 13.8 Å². The molecule has 5 heteroatoms. The topological polar surface area (TPSA) is 71.3 Å². The first-order valence-corrected chi connectivity index (χ1v) is 6.91. The molecule has 1 atom stereocenters. The highest BCUT2D eigenvalue weighted by atomic mass is 16.5. The predicted octanol–water partition coefficient (Wildman–Crippen LogP) is 3.10. The van der Waals surface area contributed by atoms with Gasteiger partial charge in [0, 0.05) is 13.2 Å². The first kappa shape index (κ1) is 17.0. The van der Waals surface area contributed by atoms with Crippen molar-refractivity contribution in [1.82, 2.24) is 0 Å². The summed E-state index contributed by atoms with van der Waals surface area (Å²) in [7, 11) is 1.47. The molecule has 0 radical (unpaired) electrons. The Kier molecular flexibility index (Phi) is 5.74. The maximum atomic E-state index is 12.1. The van der Waals surface area contributed by atoms with Crippen molar-refractivity contribution >= 4 is 11.6 Å². The highest BCUT2D eigenvalue weighted by Crippen LogP contribution is 2.24. The quantitative estimate of drug-likeness (QED) is 0.874. The molecular formula is C16H22N2O3. The van der Waals surface area contributed by atoms with E-state index in [9.17, 15) is 10.1 Å². The molecule has 114 valence electrons. The normalized spacial score (nSPS) is 12.4. The molecule has 0 fully saturated rings. The summed E-state index contributed by atoms with van der Waals surface area (Å²) in [6, 6.07) is 7.10. The highest BCUT2D eigenvalue weighted by molar-refractivity contribution is 5.97. The van der Waals surface area contributed by atoms with E-state index < -0.39 is 5.60 Å². The molecule has 0 aliphatic heterocycles. The van der Waals surface area contributed by atoms with Crippen LogP contribution in [0, 0.1) is 11.3 Å². The molecule has 1 N–H and O–H groups in total. The van der Waals surface area contributed by atoms with Crippen molar-refractivity contribution < 1.29 is 14.3 Å². The molecule has 1 amide bonds. The Morgan fingerprint density at radius 1 is 1.48 bits per heavy atom. The largest absolute Gasteiger partial charge is 0.491 e. The van der Waals surface area contributed by atoms with E-state index >= 15 is 0 Å². The summed E-state index contributed by atoms with van der Waals surface area (Å²) >= 11 is 0. The van der Waals surface area contributed by atoms with Gasteiger partial charge in [0.25, 0.3) is 5.91 Å². The van der Waals surface area contributed by atoms with Gasteiger partial charge in [-0.25, -0.2) is 0 Å². The maximum Gasteiger partial charge on any atom is 0.256 e. The zero-order chi connectivity index (χ0) is 16.0. The van der Waals surface area contributed by atoms with E-state index in [2.05, 4.69) is 11.4 Å². The van der Waals surface area contributed by atoms with E-state index in [0.717, 1.165) is 6.42 Å². The third kappa shape index (κ3) is 4.47. The Morgan fingerprint density at radius 3 is 2.67 bits per heavy atom. The summed E-state index contributed by atoms with van der Waals surface area (Å²) in [4.78, 5) is 12.1. The van der Waals surface area contributed by atoms with E-state index in [1.165, 1.54) is 7.11 Å². The number of nitrogens with zero attached hydrogens (tertiary/aromatic N) is 1. The minimum atomic E-state index is -0.960. The van der Waals surface area contributed by atoms with Crippen LogP contribution in [-0.2, 0) is 9.53 Å². The number of carbonyl (C=O) groups excluding carboxylic acids is 1. The van der Waals surface area contributed by atoms with Gasteiger partial charge < -0.3 is 14.8 Å². The van der Waals surface area contributed by atoms with Gasteiger partial charge >= 0.3 is 0 Å². The highest BCUT2D eigenvalue weighted by Gasteiger charge is 2.27. The first-order chi connectivity index (χ1) is 9.83. The monoisotopic (exact) mass is 290 g/mol. The molecule has 0 aromatic heterocycles. The molecule has 0 saturated heterocycles. The van der Waals surface area contributed by atoms with Gasteiger partial charge in [0.15, 0.2) is 0 Å². The van der Waals surface area contributed by atoms with Crippen molar-refractivity contribution in [3.63, 3.8) is 0 Å². The molecule has 1 aromatic carbocycles. The third-order valence-electron chi connectivity index (χ3n) is 3.33. The lowest BCUT2D eigenvalue weighted by molar-refractivity contribution is -0.133. The molecule has 1 rings (SSSR count). The molecule has 5 nitrogen and oxygen atoms in total. The second-order valence-corrected chi connectivity index (χ2v) is 5.32. The van der Waals surface area contributed by atoms with E-state index in [-0.39, 0.29) is 12.0 Å². The van der Waals surface area contributed by atoms with Crippen molar-refractivity contribution in [2.45, 2.75) is 45.8 Å². The SMILES string of the molecule is CC[C@H](C)Oc1ccc(NC(=O)C(C)(C)OC)c(C#N)c1. The number of methoxy groups -OCH3 is 1. The lowest BCUT2D eigenvalue weighted by atomic mass is 10.1. The Bertz CT molecular complexity index is 547. The van der Waals surface area contributed by atoms with Gasteiger partial charge in [-0.15, -0.1) is 0 Å². The second-order valence-electron chi connectivity index (χ2n) is 5.32. The van der Waals surface area contributed by atoms with Crippen molar-refractivity contribution in [2.75, 3.05) is 12.4 Å². The van der Waals surface area contributed by atoms with Crippen LogP contribution in [0.4, 0.5) is 5.69 Å². The fourth-order valence-electron chi connectivity index (χ4n) is 1.48. The van der Waals surface area contributed by atoms with Crippen LogP contribution in [0.5, 0.6) is 5.75 Å². The number of benzene rings is 1. The number of anilines is 1. The average molecular weight is 290 g/mol. The second kappa shape index (κ2) is 7.09. The van der Waals surface area contributed by atoms with Gasteiger partial charge in [-0.1, -0.05) is 6.92 Å². The molecule has 0 unspecified atom stereocenters. The van der Waals surface area contributed by atoms with Gasteiger partial charge in [-0.2, -0.15) is 5.26 Å². The molecule has 0 bridgehead atoms. The average Bonchev–Trinajstić information content (AvgIpc) is 2.48. The van der Waals surface area contributed by atoms with Crippen molar-refractivity contribution in [3.05, 3.63) is 23.8 Å². The third-order valence-corrected chi connectivity index (χ3v) is 3.33. The fourth-order valence-corrected chi connectivity index (χ4v) is 1.48. The van der Waals surface area contributed by atoms with Crippen molar-refractivity contribution in [2.24, 2.45) is 0 Å². The Balaban J connectivity index is 2.95. The number of nitrogens with one attached hydrogen (secondary N) is 1. The number of nitriles is 1. The zero-order valence-corrected chi connectivity index (χ0v) is 13.2. The van der Waals surface area contributed by atoms with E-state index in [0.29, 0.717) is 17.0 Å². The van der Waals surface area contributed by atoms with Gasteiger partial charge in [0.1, 0.15) is 17.4 Å². The van der Waals surface area contributed by atoms with E-state index in [4.69, 9.17) is 9.47 Å². The molecular weight excluding hydrogens is 268 g/mol. The number of ether oxygens (including phenoxy) is 2. The molecule has 0 aliphatic rings. The minimum Gasteiger partial charge on any atom is -0.491 e.